The summed E-state index contributed by atoms with van der Waals surface area (Å²) in [5.74, 6) is 0.653. The van der Waals surface area contributed by atoms with Crippen molar-refractivity contribution in [3.63, 3.8) is 0 Å². The minimum atomic E-state index is 0.412. The van der Waals surface area contributed by atoms with Gasteiger partial charge in [0.1, 0.15) is 0 Å². The van der Waals surface area contributed by atoms with Crippen molar-refractivity contribution in [1.82, 2.24) is 10.2 Å². The zero-order valence-electron chi connectivity index (χ0n) is 13.0. The zero-order chi connectivity index (χ0) is 14.0. The standard InChI is InChI=1S/C14H32N2O2/c1-12(2)10-16(7-8-17-5)14(11-18-6)9-15-13(3)4/h12-15H,7-11H2,1-6H3. The third kappa shape index (κ3) is 8.86. The van der Waals surface area contributed by atoms with Crippen LogP contribution >= 0.6 is 0 Å². The van der Waals surface area contributed by atoms with Gasteiger partial charge in [-0.25, -0.2) is 0 Å². The Kier molecular flexibility index (Phi) is 10.6. The summed E-state index contributed by atoms with van der Waals surface area (Å²) >= 11 is 0. The highest BCUT2D eigenvalue weighted by atomic mass is 16.5. The van der Waals surface area contributed by atoms with E-state index < -0.39 is 0 Å². The summed E-state index contributed by atoms with van der Waals surface area (Å²) in [6.45, 7) is 13.4. The molecule has 18 heavy (non-hydrogen) atoms. The maximum atomic E-state index is 5.36. The van der Waals surface area contributed by atoms with E-state index in [0.717, 1.165) is 32.8 Å². The summed E-state index contributed by atoms with van der Waals surface area (Å²) < 4.78 is 10.6. The van der Waals surface area contributed by atoms with E-state index in [-0.39, 0.29) is 0 Å². The minimum Gasteiger partial charge on any atom is -0.383 e. The van der Waals surface area contributed by atoms with E-state index >= 15 is 0 Å². The lowest BCUT2D eigenvalue weighted by molar-refractivity contribution is 0.0591. The van der Waals surface area contributed by atoms with Gasteiger partial charge in [0.25, 0.3) is 0 Å². The molecule has 0 aromatic heterocycles. The molecule has 1 atom stereocenters. The Hall–Kier alpha value is -0.160. The van der Waals surface area contributed by atoms with Crippen molar-refractivity contribution in [2.24, 2.45) is 5.92 Å². The number of ether oxygens (including phenoxy) is 2. The van der Waals surface area contributed by atoms with Crippen LogP contribution in [0.5, 0.6) is 0 Å². The van der Waals surface area contributed by atoms with Gasteiger partial charge < -0.3 is 14.8 Å². The molecule has 0 amide bonds. The Bertz CT molecular complexity index is 187. The number of nitrogens with one attached hydrogen (secondary N) is 1. The van der Waals surface area contributed by atoms with Gasteiger partial charge in [-0.15, -0.1) is 0 Å². The number of nitrogens with zero attached hydrogens (tertiary/aromatic N) is 1. The fraction of sp³-hybridized carbons (Fsp3) is 1.00. The molecule has 0 spiro atoms. The molecule has 4 nitrogen and oxygen atoms in total. The lowest BCUT2D eigenvalue weighted by Gasteiger charge is -2.33. The summed E-state index contributed by atoms with van der Waals surface area (Å²) in [7, 11) is 3.53. The fourth-order valence-electron chi connectivity index (χ4n) is 1.96. The van der Waals surface area contributed by atoms with Gasteiger partial charge in [0.15, 0.2) is 0 Å². The smallest absolute Gasteiger partial charge is 0.0630 e. The summed E-state index contributed by atoms with van der Waals surface area (Å²) in [4.78, 5) is 2.47. The second-order valence-electron chi connectivity index (χ2n) is 5.55. The van der Waals surface area contributed by atoms with Crippen molar-refractivity contribution >= 4 is 0 Å². The molecular weight excluding hydrogens is 228 g/mol. The maximum absolute atomic E-state index is 5.36. The van der Waals surface area contributed by atoms with Crippen LogP contribution in [0.15, 0.2) is 0 Å². The molecule has 0 radical (unpaired) electrons. The molecule has 0 saturated heterocycles. The molecule has 0 rings (SSSR count). The van der Waals surface area contributed by atoms with Gasteiger partial charge in [0.05, 0.1) is 13.2 Å². The van der Waals surface area contributed by atoms with Crippen LogP contribution in [-0.2, 0) is 9.47 Å². The lowest BCUT2D eigenvalue weighted by atomic mass is 10.1. The van der Waals surface area contributed by atoms with E-state index in [9.17, 15) is 0 Å². The van der Waals surface area contributed by atoms with E-state index in [0.29, 0.717) is 18.0 Å². The van der Waals surface area contributed by atoms with Gasteiger partial charge >= 0.3 is 0 Å². The molecule has 1 N–H and O–H groups in total. The van der Waals surface area contributed by atoms with Gasteiger partial charge in [-0.1, -0.05) is 27.7 Å². The van der Waals surface area contributed by atoms with Crippen molar-refractivity contribution in [2.75, 3.05) is 47.1 Å². The third-order valence-corrected chi connectivity index (χ3v) is 2.82. The van der Waals surface area contributed by atoms with Crippen molar-refractivity contribution in [3.8, 4) is 0 Å². The topological polar surface area (TPSA) is 33.7 Å². The van der Waals surface area contributed by atoms with Gasteiger partial charge in [-0.05, 0) is 5.92 Å². The second-order valence-corrected chi connectivity index (χ2v) is 5.55. The molecule has 4 heteroatoms. The Morgan fingerprint density at radius 2 is 1.72 bits per heavy atom. The summed E-state index contributed by atoms with van der Waals surface area (Å²) in [5.41, 5.74) is 0. The summed E-state index contributed by atoms with van der Waals surface area (Å²) in [6.07, 6.45) is 0. The minimum absolute atomic E-state index is 0.412. The van der Waals surface area contributed by atoms with E-state index in [1.807, 2.05) is 0 Å². The summed E-state index contributed by atoms with van der Waals surface area (Å²) in [5, 5.41) is 3.50. The Labute approximate surface area is 113 Å². The van der Waals surface area contributed by atoms with Crippen LogP contribution in [-0.4, -0.2) is 64.1 Å². The van der Waals surface area contributed by atoms with Crippen LogP contribution in [0.1, 0.15) is 27.7 Å². The van der Waals surface area contributed by atoms with Crippen LogP contribution in [0.25, 0.3) is 0 Å². The first-order valence-corrected chi connectivity index (χ1v) is 6.96. The SMILES string of the molecule is COCCN(CC(C)C)C(CNC(C)C)COC. The molecule has 0 aliphatic carbocycles. The number of hydrogen-bond donors (Lipinski definition) is 1. The van der Waals surface area contributed by atoms with Crippen LogP contribution in [0, 0.1) is 5.92 Å². The van der Waals surface area contributed by atoms with Gasteiger partial charge in [-0.2, -0.15) is 0 Å². The first-order valence-electron chi connectivity index (χ1n) is 6.96. The van der Waals surface area contributed by atoms with Crippen LogP contribution in [0.2, 0.25) is 0 Å². The van der Waals surface area contributed by atoms with Crippen molar-refractivity contribution in [1.29, 1.82) is 0 Å². The highest BCUT2D eigenvalue weighted by molar-refractivity contribution is 4.76. The van der Waals surface area contributed by atoms with E-state index in [2.05, 4.69) is 37.9 Å². The molecule has 0 saturated carbocycles. The Balaban J connectivity index is 4.40. The highest BCUT2D eigenvalue weighted by Gasteiger charge is 2.19. The zero-order valence-corrected chi connectivity index (χ0v) is 13.0. The molecular formula is C14H32N2O2. The van der Waals surface area contributed by atoms with Crippen LogP contribution < -0.4 is 5.32 Å². The van der Waals surface area contributed by atoms with Gasteiger partial charge in [0.2, 0.25) is 0 Å². The average Bonchev–Trinajstić information content (AvgIpc) is 2.29. The third-order valence-electron chi connectivity index (χ3n) is 2.82. The quantitative estimate of drug-likeness (QED) is 0.612. The van der Waals surface area contributed by atoms with E-state index in [1.165, 1.54) is 0 Å². The van der Waals surface area contributed by atoms with Crippen molar-refractivity contribution in [3.05, 3.63) is 0 Å². The van der Waals surface area contributed by atoms with E-state index in [1.54, 1.807) is 14.2 Å². The monoisotopic (exact) mass is 260 g/mol. The van der Waals surface area contributed by atoms with Gasteiger partial charge in [0, 0.05) is 45.9 Å². The predicted octanol–water partition coefficient (Wildman–Crippen LogP) is 1.60. The molecule has 0 aromatic rings. The van der Waals surface area contributed by atoms with Gasteiger partial charge in [-0.3, -0.25) is 4.90 Å². The Morgan fingerprint density at radius 3 is 2.17 bits per heavy atom. The molecule has 110 valence electrons. The van der Waals surface area contributed by atoms with Crippen LogP contribution in [0.3, 0.4) is 0 Å². The van der Waals surface area contributed by atoms with Crippen molar-refractivity contribution in [2.45, 2.75) is 39.8 Å². The fourth-order valence-corrected chi connectivity index (χ4v) is 1.96. The average molecular weight is 260 g/mol. The lowest BCUT2D eigenvalue weighted by Crippen LogP contribution is -2.49. The number of rotatable bonds is 11. The largest absolute Gasteiger partial charge is 0.383 e. The molecule has 0 heterocycles. The molecule has 1 unspecified atom stereocenters. The molecule has 0 fully saturated rings. The number of methoxy groups -OCH3 is 2. The molecule has 0 aromatic carbocycles. The molecule has 0 bridgehead atoms. The van der Waals surface area contributed by atoms with Crippen molar-refractivity contribution < 1.29 is 9.47 Å². The second kappa shape index (κ2) is 10.7. The Morgan fingerprint density at radius 1 is 1.06 bits per heavy atom. The highest BCUT2D eigenvalue weighted by Crippen LogP contribution is 2.05. The first-order chi connectivity index (χ1) is 8.51. The van der Waals surface area contributed by atoms with Crippen LogP contribution in [0.4, 0.5) is 0 Å². The van der Waals surface area contributed by atoms with E-state index in [4.69, 9.17) is 9.47 Å². The normalized spacial score (nSPS) is 13.8. The maximum Gasteiger partial charge on any atom is 0.0630 e. The molecule has 0 aliphatic heterocycles. The predicted molar refractivity (Wildman–Crippen MR) is 77.1 cm³/mol. The first kappa shape index (κ1) is 17.8. The number of hydrogen-bond acceptors (Lipinski definition) is 4. The summed E-state index contributed by atoms with van der Waals surface area (Å²) in [6, 6.07) is 0.919. The molecule has 0 aliphatic rings.